The van der Waals surface area contributed by atoms with Crippen molar-refractivity contribution >= 4 is 36.7 Å². The number of carboxylic acids is 1. The maximum atomic E-state index is 12.5. The molecule has 0 spiro atoms. The Balaban J connectivity index is 1.61. The van der Waals surface area contributed by atoms with E-state index in [2.05, 4.69) is 5.32 Å². The summed E-state index contributed by atoms with van der Waals surface area (Å²) >= 11 is 0. The number of amides is 4. The number of nitrogens with two attached hydrogens (primary N) is 1. The normalized spacial score (nSPS) is 19.2. The third-order valence-corrected chi connectivity index (χ3v) is 5.40. The van der Waals surface area contributed by atoms with Gasteiger partial charge in [0.05, 0.1) is 24.0 Å². The minimum absolute atomic E-state index is 0.0173. The number of carbonyl (C=O) groups is 5. The van der Waals surface area contributed by atoms with Crippen molar-refractivity contribution in [3.63, 3.8) is 0 Å². The summed E-state index contributed by atoms with van der Waals surface area (Å²) in [7, 11) is -1.53. The van der Waals surface area contributed by atoms with E-state index in [0.29, 0.717) is 12.1 Å². The van der Waals surface area contributed by atoms with E-state index in [1.807, 2.05) is 0 Å². The standard InChI is InChI=1S/C19H23BN4O8/c1-2-23-6-7-24(18(28)17(23)27)14(25)9-12(21)16(26)22-13-8-10-4-3-5-11(19(29)30)15(10)32-20(13)31/h3-5,12-13,31H,2,6-9,21H2,1H3,(H,22,26)(H,29,30)/t12?,13-/m0/s1. The van der Waals surface area contributed by atoms with Crippen LogP contribution in [0.25, 0.3) is 0 Å². The van der Waals surface area contributed by atoms with Crippen molar-refractivity contribution in [1.29, 1.82) is 0 Å². The zero-order valence-corrected chi connectivity index (χ0v) is 17.3. The van der Waals surface area contributed by atoms with E-state index in [9.17, 15) is 34.1 Å². The Kier molecular flexibility index (Phi) is 6.79. The van der Waals surface area contributed by atoms with E-state index in [1.165, 1.54) is 17.0 Å². The first-order valence-electron chi connectivity index (χ1n) is 10.0. The van der Waals surface area contributed by atoms with Gasteiger partial charge in [-0.3, -0.25) is 24.1 Å². The summed E-state index contributed by atoms with van der Waals surface area (Å²) in [4.78, 5) is 62.4. The van der Waals surface area contributed by atoms with Crippen LogP contribution in [0.15, 0.2) is 18.2 Å². The molecule has 2 atom stereocenters. The number of aromatic carboxylic acids is 1. The molecule has 1 aromatic rings. The van der Waals surface area contributed by atoms with Gasteiger partial charge in [-0.1, -0.05) is 12.1 Å². The second kappa shape index (κ2) is 9.36. The fraction of sp³-hybridized carbons (Fsp3) is 0.421. The van der Waals surface area contributed by atoms with Crippen molar-refractivity contribution in [1.82, 2.24) is 15.1 Å². The Labute approximate surface area is 183 Å². The summed E-state index contributed by atoms with van der Waals surface area (Å²) in [5.74, 6) is -5.40. The number of piperazine rings is 1. The molecule has 2 aliphatic heterocycles. The van der Waals surface area contributed by atoms with Gasteiger partial charge in [0.25, 0.3) is 0 Å². The van der Waals surface area contributed by atoms with Crippen LogP contribution in [-0.2, 0) is 25.6 Å². The molecule has 0 radical (unpaired) electrons. The van der Waals surface area contributed by atoms with Gasteiger partial charge >= 0.3 is 24.9 Å². The molecule has 13 heteroatoms. The fourth-order valence-electron chi connectivity index (χ4n) is 3.61. The van der Waals surface area contributed by atoms with E-state index in [-0.39, 0.29) is 30.8 Å². The molecule has 4 amide bonds. The average Bonchev–Trinajstić information content (AvgIpc) is 2.75. The summed E-state index contributed by atoms with van der Waals surface area (Å²) in [6, 6.07) is 3.12. The molecular formula is C19H23BN4O8. The number of imide groups is 1. The molecule has 3 rings (SSSR count). The summed E-state index contributed by atoms with van der Waals surface area (Å²) in [5.41, 5.74) is 6.17. The van der Waals surface area contributed by atoms with Crippen molar-refractivity contribution < 1.29 is 38.8 Å². The molecule has 1 saturated heterocycles. The number of rotatable bonds is 6. The Morgan fingerprint density at radius 1 is 1.28 bits per heavy atom. The lowest BCUT2D eigenvalue weighted by molar-refractivity contribution is -0.161. The van der Waals surface area contributed by atoms with Gasteiger partial charge in [-0.2, -0.15) is 0 Å². The molecular weight excluding hydrogens is 423 g/mol. The highest BCUT2D eigenvalue weighted by atomic mass is 16.5. The lowest BCUT2D eigenvalue weighted by Crippen LogP contribution is -2.58. The quantitative estimate of drug-likeness (QED) is 0.278. The zero-order chi connectivity index (χ0) is 23.6. The van der Waals surface area contributed by atoms with Gasteiger partial charge in [-0.15, -0.1) is 0 Å². The number of likely N-dealkylation sites (N-methyl/N-ethyl adjacent to an activating group) is 1. The maximum Gasteiger partial charge on any atom is 0.547 e. The first-order chi connectivity index (χ1) is 15.1. The van der Waals surface area contributed by atoms with Crippen LogP contribution in [0, 0.1) is 0 Å². The van der Waals surface area contributed by atoms with Gasteiger partial charge in [0.2, 0.25) is 11.8 Å². The summed E-state index contributed by atoms with van der Waals surface area (Å²) in [6.07, 6.45) is -0.434. The predicted octanol–water partition coefficient (Wildman–Crippen LogP) is -2.24. The monoisotopic (exact) mass is 446 g/mol. The number of hydrogen-bond acceptors (Lipinski definition) is 8. The van der Waals surface area contributed by atoms with Crippen molar-refractivity contribution in [3.8, 4) is 5.75 Å². The van der Waals surface area contributed by atoms with Gasteiger partial charge < -0.3 is 30.7 Å². The van der Waals surface area contributed by atoms with Crippen LogP contribution in [0.3, 0.4) is 0 Å². The molecule has 0 aromatic heterocycles. The molecule has 32 heavy (non-hydrogen) atoms. The molecule has 12 nitrogen and oxygen atoms in total. The Hall–Kier alpha value is -3.45. The van der Waals surface area contributed by atoms with Crippen molar-refractivity contribution in [3.05, 3.63) is 29.3 Å². The van der Waals surface area contributed by atoms with Crippen molar-refractivity contribution in [2.75, 3.05) is 19.6 Å². The highest BCUT2D eigenvalue weighted by Crippen LogP contribution is 2.30. The number of fused-ring (bicyclic) bond motifs is 1. The van der Waals surface area contributed by atoms with E-state index in [1.54, 1.807) is 13.0 Å². The van der Waals surface area contributed by atoms with Gasteiger partial charge in [-0.05, 0) is 25.0 Å². The Bertz CT molecular complexity index is 971. The Morgan fingerprint density at radius 3 is 2.66 bits per heavy atom. The number of nitrogens with zero attached hydrogens (tertiary/aromatic N) is 2. The second-order valence-corrected chi connectivity index (χ2v) is 7.47. The van der Waals surface area contributed by atoms with E-state index in [0.717, 1.165) is 4.90 Å². The summed E-state index contributed by atoms with van der Waals surface area (Å²) < 4.78 is 5.30. The third kappa shape index (κ3) is 4.58. The summed E-state index contributed by atoms with van der Waals surface area (Å²) in [5, 5.41) is 21.9. The fourth-order valence-corrected chi connectivity index (χ4v) is 3.61. The molecule has 0 saturated carbocycles. The van der Waals surface area contributed by atoms with E-state index in [4.69, 9.17) is 10.4 Å². The first kappa shape index (κ1) is 23.2. The largest absolute Gasteiger partial charge is 0.547 e. The van der Waals surface area contributed by atoms with Crippen LogP contribution < -0.4 is 15.7 Å². The van der Waals surface area contributed by atoms with Crippen LogP contribution in [-0.4, -0.2) is 88.3 Å². The molecule has 170 valence electrons. The molecule has 1 aromatic carbocycles. The van der Waals surface area contributed by atoms with Crippen molar-refractivity contribution in [2.45, 2.75) is 31.7 Å². The molecule has 1 fully saturated rings. The number of nitrogens with one attached hydrogen (secondary N) is 1. The molecule has 1 unspecified atom stereocenters. The van der Waals surface area contributed by atoms with Gasteiger partial charge in [0.1, 0.15) is 5.75 Å². The van der Waals surface area contributed by atoms with Crippen LogP contribution in [0.1, 0.15) is 29.3 Å². The SMILES string of the molecule is CCN1CCN(C(=O)CC(N)C(=O)N[C@H]2Cc3cccc(C(=O)O)c3OB2O)C(=O)C1=O. The molecule has 2 aliphatic rings. The van der Waals surface area contributed by atoms with E-state index < -0.39 is 55.1 Å². The van der Waals surface area contributed by atoms with Crippen LogP contribution in [0.2, 0.25) is 0 Å². The van der Waals surface area contributed by atoms with Crippen molar-refractivity contribution in [2.24, 2.45) is 5.73 Å². The van der Waals surface area contributed by atoms with Gasteiger partial charge in [0, 0.05) is 19.6 Å². The minimum atomic E-state index is -1.53. The number of para-hydroxylation sites is 1. The number of hydrogen-bond donors (Lipinski definition) is 4. The lowest BCUT2D eigenvalue weighted by Gasteiger charge is -2.32. The van der Waals surface area contributed by atoms with Gasteiger partial charge in [-0.25, -0.2) is 4.79 Å². The first-order valence-corrected chi connectivity index (χ1v) is 10.0. The number of benzene rings is 1. The number of carboxylic acid groups (broad SMARTS) is 1. The average molecular weight is 446 g/mol. The second-order valence-electron chi connectivity index (χ2n) is 7.47. The molecule has 2 heterocycles. The highest BCUT2D eigenvalue weighted by molar-refractivity contribution is 6.47. The molecule has 5 N–H and O–H groups in total. The number of carbonyl (C=O) groups excluding carboxylic acids is 4. The molecule has 0 aliphatic carbocycles. The van der Waals surface area contributed by atoms with Crippen LogP contribution >= 0.6 is 0 Å². The molecule has 0 bridgehead atoms. The van der Waals surface area contributed by atoms with Crippen LogP contribution in [0.4, 0.5) is 0 Å². The van der Waals surface area contributed by atoms with E-state index >= 15 is 0 Å². The highest BCUT2D eigenvalue weighted by Gasteiger charge is 2.40. The summed E-state index contributed by atoms with van der Waals surface area (Å²) in [6.45, 7) is 2.28. The maximum absolute atomic E-state index is 12.5. The predicted molar refractivity (Wildman–Crippen MR) is 109 cm³/mol. The smallest absolute Gasteiger partial charge is 0.534 e. The Morgan fingerprint density at radius 2 is 2.00 bits per heavy atom. The third-order valence-electron chi connectivity index (χ3n) is 5.40. The van der Waals surface area contributed by atoms with Gasteiger partial charge in [0.15, 0.2) is 0 Å². The zero-order valence-electron chi connectivity index (χ0n) is 17.3. The minimum Gasteiger partial charge on any atom is -0.534 e. The topological polar surface area (TPSA) is 180 Å². The van der Waals surface area contributed by atoms with Crippen LogP contribution in [0.5, 0.6) is 5.75 Å². The lowest BCUT2D eigenvalue weighted by atomic mass is 9.72.